The van der Waals surface area contributed by atoms with Crippen molar-refractivity contribution in [2.45, 2.75) is 0 Å². The Morgan fingerprint density at radius 1 is 1.43 bits per heavy atom. The molecule has 76 valence electrons. The number of nitrogens with zero attached hydrogens (tertiary/aromatic N) is 1. The summed E-state index contributed by atoms with van der Waals surface area (Å²) in [5.41, 5.74) is 0.448. The summed E-state index contributed by atoms with van der Waals surface area (Å²) >= 11 is 0. The first-order chi connectivity index (χ1) is 6.49. The Morgan fingerprint density at radius 3 is 2.64 bits per heavy atom. The minimum atomic E-state index is -3.34. The fraction of sp³-hybridized carbons (Fsp3) is 0.125. The zero-order chi connectivity index (χ0) is 10.6. The zero-order valence-corrected chi connectivity index (χ0v) is 8.32. The van der Waals surface area contributed by atoms with Crippen LogP contribution in [0.15, 0.2) is 29.4 Å². The number of rotatable bonds is 3. The minimum absolute atomic E-state index is 0.0477. The lowest BCUT2D eigenvalue weighted by Crippen LogP contribution is -2.15. The molecule has 5 nitrogen and oxygen atoms in total. The first-order valence-corrected chi connectivity index (χ1v) is 5.66. The number of sulfonamides is 1. The molecule has 0 radical (unpaired) electrons. The molecule has 0 unspecified atom stereocenters. The Hall–Kier alpha value is -1.56. The molecule has 1 aromatic rings. The average molecular weight is 214 g/mol. The molecule has 0 aromatic heterocycles. The number of hydrogen-bond donors (Lipinski definition) is 2. The van der Waals surface area contributed by atoms with Gasteiger partial charge in [0.2, 0.25) is 10.0 Å². The van der Waals surface area contributed by atoms with Crippen LogP contribution in [0.4, 0.5) is 0 Å². The van der Waals surface area contributed by atoms with E-state index in [4.69, 9.17) is 0 Å². The smallest absolute Gasteiger partial charge is 0.244 e. The van der Waals surface area contributed by atoms with Gasteiger partial charge in [-0.1, -0.05) is 12.1 Å². The lowest BCUT2D eigenvalue weighted by Gasteiger charge is -1.97. The summed E-state index contributed by atoms with van der Waals surface area (Å²) in [7, 11) is -3.34. The number of hydrazone groups is 1. The molecular formula is C8H10N2O3S. The van der Waals surface area contributed by atoms with Crippen LogP contribution in [0.25, 0.3) is 0 Å². The summed E-state index contributed by atoms with van der Waals surface area (Å²) in [5.74, 6) is 0.0477. The maximum atomic E-state index is 10.6. The molecule has 0 heterocycles. The van der Waals surface area contributed by atoms with Crippen molar-refractivity contribution in [1.29, 1.82) is 0 Å². The van der Waals surface area contributed by atoms with Gasteiger partial charge in [-0.3, -0.25) is 0 Å². The quantitative estimate of drug-likeness (QED) is 0.560. The molecule has 0 saturated heterocycles. The van der Waals surface area contributed by atoms with E-state index < -0.39 is 10.0 Å². The summed E-state index contributed by atoms with van der Waals surface area (Å²) in [6.45, 7) is 0. The van der Waals surface area contributed by atoms with E-state index in [0.29, 0.717) is 5.56 Å². The molecular weight excluding hydrogens is 204 g/mol. The van der Waals surface area contributed by atoms with E-state index in [9.17, 15) is 13.5 Å². The molecule has 0 aliphatic rings. The first-order valence-electron chi connectivity index (χ1n) is 3.77. The van der Waals surface area contributed by atoms with Crippen molar-refractivity contribution >= 4 is 16.2 Å². The summed E-state index contributed by atoms with van der Waals surface area (Å²) in [4.78, 5) is 1.93. The number of para-hydroxylation sites is 1. The Balaban J connectivity index is 2.75. The van der Waals surface area contributed by atoms with E-state index >= 15 is 0 Å². The number of phenolic OH excluding ortho intramolecular Hbond substituents is 1. The predicted molar refractivity (Wildman–Crippen MR) is 53.7 cm³/mol. The third kappa shape index (κ3) is 3.44. The van der Waals surface area contributed by atoms with E-state index in [0.717, 1.165) is 6.26 Å². The van der Waals surface area contributed by atoms with Crippen LogP contribution in [0.2, 0.25) is 0 Å². The molecule has 0 spiro atoms. The van der Waals surface area contributed by atoms with Gasteiger partial charge in [-0.05, 0) is 12.1 Å². The number of phenols is 1. The van der Waals surface area contributed by atoms with Crippen molar-refractivity contribution in [3.8, 4) is 5.75 Å². The minimum Gasteiger partial charge on any atom is -0.507 e. The molecule has 0 atom stereocenters. The van der Waals surface area contributed by atoms with Crippen LogP contribution in [-0.4, -0.2) is 26.0 Å². The highest BCUT2D eigenvalue weighted by atomic mass is 32.2. The summed E-state index contributed by atoms with van der Waals surface area (Å²) in [6, 6.07) is 6.47. The first kappa shape index (κ1) is 10.5. The average Bonchev–Trinajstić information content (AvgIpc) is 2.06. The monoisotopic (exact) mass is 214 g/mol. The number of hydrogen-bond acceptors (Lipinski definition) is 4. The maximum Gasteiger partial charge on any atom is 0.244 e. The molecule has 1 rings (SSSR count). The van der Waals surface area contributed by atoms with Gasteiger partial charge in [-0.15, -0.1) is 0 Å². The van der Waals surface area contributed by atoms with Gasteiger partial charge in [0.1, 0.15) is 5.75 Å². The molecule has 2 N–H and O–H groups in total. The van der Waals surface area contributed by atoms with Crippen LogP contribution in [0.1, 0.15) is 5.56 Å². The van der Waals surface area contributed by atoms with E-state index in [-0.39, 0.29) is 5.75 Å². The third-order valence-corrected chi connectivity index (χ3v) is 1.80. The van der Waals surface area contributed by atoms with Crippen LogP contribution >= 0.6 is 0 Å². The molecule has 14 heavy (non-hydrogen) atoms. The second kappa shape index (κ2) is 4.10. The molecule has 0 fully saturated rings. The van der Waals surface area contributed by atoms with E-state index in [2.05, 4.69) is 5.10 Å². The number of benzene rings is 1. The highest BCUT2D eigenvalue weighted by Crippen LogP contribution is 2.12. The Kier molecular flexibility index (Phi) is 3.08. The fourth-order valence-corrected chi connectivity index (χ4v) is 1.03. The second-order valence-electron chi connectivity index (χ2n) is 2.68. The molecule has 0 aliphatic heterocycles. The van der Waals surface area contributed by atoms with Gasteiger partial charge in [-0.25, -0.2) is 13.2 Å². The van der Waals surface area contributed by atoms with Gasteiger partial charge in [0.05, 0.1) is 12.5 Å². The largest absolute Gasteiger partial charge is 0.507 e. The topological polar surface area (TPSA) is 78.8 Å². The van der Waals surface area contributed by atoms with Crippen molar-refractivity contribution in [2.24, 2.45) is 5.10 Å². The third-order valence-electron chi connectivity index (χ3n) is 1.36. The summed E-state index contributed by atoms with van der Waals surface area (Å²) in [5, 5.41) is 12.7. The Morgan fingerprint density at radius 2 is 2.07 bits per heavy atom. The predicted octanol–water partition coefficient (Wildman–Crippen LogP) is 0.275. The number of aromatic hydroxyl groups is 1. The molecule has 0 aliphatic carbocycles. The van der Waals surface area contributed by atoms with E-state index in [1.807, 2.05) is 4.83 Å². The lowest BCUT2D eigenvalue weighted by molar-refractivity contribution is 0.474. The van der Waals surface area contributed by atoms with Gasteiger partial charge in [0, 0.05) is 5.56 Å². The van der Waals surface area contributed by atoms with Gasteiger partial charge >= 0.3 is 0 Å². The molecule has 0 amide bonds. The Bertz CT molecular complexity index is 440. The van der Waals surface area contributed by atoms with Gasteiger partial charge < -0.3 is 5.11 Å². The summed E-state index contributed by atoms with van der Waals surface area (Å²) < 4.78 is 21.2. The van der Waals surface area contributed by atoms with Crippen molar-refractivity contribution in [2.75, 3.05) is 6.26 Å². The standard InChI is InChI=1S/C8H10N2O3S/c1-14(12,13)10-9-6-7-4-2-3-5-8(7)11/h2-6,10-11H,1H3/b9-6+. The lowest BCUT2D eigenvalue weighted by atomic mass is 10.2. The maximum absolute atomic E-state index is 10.6. The SMILES string of the molecule is CS(=O)(=O)N/N=C/c1ccccc1O. The van der Waals surface area contributed by atoms with Crippen LogP contribution in [-0.2, 0) is 10.0 Å². The van der Waals surface area contributed by atoms with Crippen molar-refractivity contribution in [1.82, 2.24) is 4.83 Å². The fourth-order valence-electron chi connectivity index (χ4n) is 0.788. The molecule has 0 bridgehead atoms. The van der Waals surface area contributed by atoms with Crippen LogP contribution in [0.3, 0.4) is 0 Å². The van der Waals surface area contributed by atoms with Crippen LogP contribution in [0.5, 0.6) is 5.75 Å². The Labute approximate surface area is 82.1 Å². The molecule has 0 saturated carbocycles. The molecule has 6 heteroatoms. The number of nitrogens with one attached hydrogen (secondary N) is 1. The molecule has 1 aromatic carbocycles. The zero-order valence-electron chi connectivity index (χ0n) is 7.51. The van der Waals surface area contributed by atoms with Crippen LogP contribution in [0, 0.1) is 0 Å². The van der Waals surface area contributed by atoms with Gasteiger partial charge in [0.15, 0.2) is 0 Å². The highest BCUT2D eigenvalue weighted by molar-refractivity contribution is 7.88. The van der Waals surface area contributed by atoms with Gasteiger partial charge in [-0.2, -0.15) is 5.10 Å². The second-order valence-corrected chi connectivity index (χ2v) is 4.41. The van der Waals surface area contributed by atoms with Crippen molar-refractivity contribution in [3.05, 3.63) is 29.8 Å². The van der Waals surface area contributed by atoms with Crippen molar-refractivity contribution < 1.29 is 13.5 Å². The normalized spacial score (nSPS) is 11.8. The highest BCUT2D eigenvalue weighted by Gasteiger charge is 1.97. The van der Waals surface area contributed by atoms with E-state index in [1.54, 1.807) is 18.2 Å². The summed E-state index contributed by atoms with van der Waals surface area (Å²) in [6.07, 6.45) is 2.23. The van der Waals surface area contributed by atoms with Crippen molar-refractivity contribution in [3.63, 3.8) is 0 Å². The van der Waals surface area contributed by atoms with E-state index in [1.165, 1.54) is 12.3 Å². The van der Waals surface area contributed by atoms with Crippen LogP contribution < -0.4 is 4.83 Å². The van der Waals surface area contributed by atoms with Gasteiger partial charge in [0.25, 0.3) is 0 Å².